The second-order valence-electron chi connectivity index (χ2n) is 8.44. The van der Waals surface area contributed by atoms with E-state index < -0.39 is 12.1 Å². The molecule has 37 heavy (non-hydrogen) atoms. The summed E-state index contributed by atoms with van der Waals surface area (Å²) in [6.45, 7) is 0. The molecule has 0 atom stereocenters. The van der Waals surface area contributed by atoms with Gasteiger partial charge in [-0.15, -0.1) is 0 Å². The third-order valence-corrected chi connectivity index (χ3v) is 6.08. The second-order valence-corrected chi connectivity index (χ2v) is 8.44. The number of carbonyl (C=O) groups excluding carboxylic acids is 1. The number of ketones is 1. The number of rotatable bonds is 3. The Morgan fingerprint density at radius 1 is 1.19 bits per heavy atom. The van der Waals surface area contributed by atoms with E-state index in [9.17, 15) is 18.0 Å². The molecule has 4 heterocycles. The number of aromatic nitrogens is 5. The van der Waals surface area contributed by atoms with Crippen molar-refractivity contribution in [2.45, 2.75) is 37.8 Å². The number of nitrogens with two attached hydrogens (primary N) is 1. The van der Waals surface area contributed by atoms with E-state index in [1.54, 1.807) is 19.4 Å². The van der Waals surface area contributed by atoms with Crippen molar-refractivity contribution in [3.05, 3.63) is 41.7 Å². The average molecular weight is 516 g/mol. The number of carbonyl (C=O) groups is 2. The molecule has 0 radical (unpaired) electrons. The van der Waals surface area contributed by atoms with Gasteiger partial charge in [-0.05, 0) is 25.3 Å². The monoisotopic (exact) mass is 516 g/mol. The number of Topliss-reactive ketones (excluding diaryl/α,β-unsaturated/α-hetero) is 1. The van der Waals surface area contributed by atoms with Crippen LogP contribution in [0.1, 0.15) is 47.0 Å². The lowest BCUT2D eigenvalue weighted by Crippen LogP contribution is -2.21. The van der Waals surface area contributed by atoms with Crippen molar-refractivity contribution in [1.29, 1.82) is 0 Å². The summed E-state index contributed by atoms with van der Waals surface area (Å²) in [6, 6.07) is 3.68. The molecule has 2 aliphatic carbocycles. The molecule has 0 aliphatic heterocycles. The van der Waals surface area contributed by atoms with E-state index in [0.29, 0.717) is 52.6 Å². The van der Waals surface area contributed by atoms with E-state index in [4.69, 9.17) is 24.9 Å². The van der Waals surface area contributed by atoms with Gasteiger partial charge in [0, 0.05) is 29.7 Å². The maximum atomic E-state index is 13.0. The van der Waals surface area contributed by atoms with Crippen LogP contribution in [0.4, 0.5) is 19.0 Å². The topological polar surface area (TPSA) is 159 Å². The predicted octanol–water partition coefficient (Wildman–Crippen LogP) is 3.70. The number of alkyl halides is 3. The van der Waals surface area contributed by atoms with Gasteiger partial charge in [-0.3, -0.25) is 9.36 Å². The molecule has 2 aliphatic rings. The van der Waals surface area contributed by atoms with Crippen LogP contribution in [-0.4, -0.2) is 54.8 Å². The lowest BCUT2D eigenvalue weighted by molar-refractivity contribution is -0.192. The molecule has 0 spiro atoms. The standard InChI is InChI=1S/C21H18N6O3.C2HF3O2/c1-29-14-7-4-11(8-23-14)27-12-5-6-13(28)16-18(26-30-19(16)10-2-3-10)15(12)17-20(22)24-9-25-21(17)27;3-2(4,5)1(6)7/h4,7-10H,2-3,5-6H2,1H3,(H2,22,24,25);(H,6,7). The minimum atomic E-state index is -5.08. The Bertz CT molecular complexity index is 1520. The summed E-state index contributed by atoms with van der Waals surface area (Å²) in [6.07, 6.45) is 0.987. The van der Waals surface area contributed by atoms with Crippen LogP contribution < -0.4 is 10.5 Å². The Balaban J connectivity index is 0.000000355. The molecule has 6 rings (SSSR count). The van der Waals surface area contributed by atoms with E-state index in [2.05, 4.69) is 20.1 Å². The Kier molecular flexibility index (Phi) is 5.80. The molecule has 192 valence electrons. The minimum Gasteiger partial charge on any atom is -0.481 e. The molecule has 0 amide bonds. The first-order valence-corrected chi connectivity index (χ1v) is 11.1. The number of anilines is 1. The van der Waals surface area contributed by atoms with Gasteiger partial charge in [-0.1, -0.05) is 5.16 Å². The maximum Gasteiger partial charge on any atom is 0.490 e. The number of ether oxygens (including phenoxy) is 1. The van der Waals surface area contributed by atoms with Gasteiger partial charge in [0.25, 0.3) is 0 Å². The fourth-order valence-electron chi connectivity index (χ4n) is 4.30. The third kappa shape index (κ3) is 4.23. The van der Waals surface area contributed by atoms with Gasteiger partial charge in [0.2, 0.25) is 5.88 Å². The molecule has 0 bridgehead atoms. The summed E-state index contributed by atoms with van der Waals surface area (Å²) in [5.41, 5.74) is 10.5. The summed E-state index contributed by atoms with van der Waals surface area (Å²) in [5, 5.41) is 12.1. The van der Waals surface area contributed by atoms with Crippen LogP contribution >= 0.6 is 0 Å². The molecule has 0 unspecified atom stereocenters. The molecular weight excluding hydrogens is 497 g/mol. The molecule has 0 aromatic carbocycles. The number of carboxylic acid groups (broad SMARTS) is 1. The van der Waals surface area contributed by atoms with Crippen molar-refractivity contribution >= 4 is 28.6 Å². The van der Waals surface area contributed by atoms with Crippen molar-refractivity contribution in [2.24, 2.45) is 0 Å². The highest BCUT2D eigenvalue weighted by molar-refractivity contribution is 6.11. The van der Waals surface area contributed by atoms with Crippen molar-refractivity contribution < 1.29 is 37.1 Å². The highest BCUT2D eigenvalue weighted by Crippen LogP contribution is 2.48. The van der Waals surface area contributed by atoms with Crippen molar-refractivity contribution in [3.63, 3.8) is 0 Å². The summed E-state index contributed by atoms with van der Waals surface area (Å²) in [7, 11) is 1.57. The molecule has 4 aromatic heterocycles. The number of aliphatic carboxylic acids is 1. The lowest BCUT2D eigenvalue weighted by atomic mass is 10.0. The van der Waals surface area contributed by atoms with Gasteiger partial charge in [0.05, 0.1) is 29.9 Å². The van der Waals surface area contributed by atoms with Crippen LogP contribution in [0.15, 0.2) is 29.2 Å². The number of nitrogens with zero attached hydrogens (tertiary/aromatic N) is 5. The molecule has 0 saturated heterocycles. The quantitative estimate of drug-likeness (QED) is 0.411. The van der Waals surface area contributed by atoms with Crippen LogP contribution in [0.3, 0.4) is 0 Å². The number of hydrogen-bond donors (Lipinski definition) is 2. The van der Waals surface area contributed by atoms with Gasteiger partial charge < -0.3 is 20.1 Å². The highest BCUT2D eigenvalue weighted by atomic mass is 19.4. The smallest absolute Gasteiger partial charge is 0.481 e. The van der Waals surface area contributed by atoms with E-state index >= 15 is 0 Å². The number of nitrogen functional groups attached to an aromatic ring is 1. The molecule has 11 nitrogen and oxygen atoms in total. The molecule has 4 aromatic rings. The molecule has 1 saturated carbocycles. The van der Waals surface area contributed by atoms with Crippen LogP contribution in [-0.2, 0) is 11.2 Å². The Labute approximate surface area is 206 Å². The summed E-state index contributed by atoms with van der Waals surface area (Å²) >= 11 is 0. The van der Waals surface area contributed by atoms with Gasteiger partial charge in [0.15, 0.2) is 17.2 Å². The van der Waals surface area contributed by atoms with Crippen LogP contribution in [0.2, 0.25) is 0 Å². The maximum absolute atomic E-state index is 13.0. The molecule has 1 fully saturated rings. The molecule has 3 N–H and O–H groups in total. The number of fused-ring (bicyclic) bond motifs is 5. The largest absolute Gasteiger partial charge is 0.490 e. The first-order chi connectivity index (χ1) is 17.6. The number of carboxylic acids is 1. The number of methoxy groups -OCH3 is 1. The van der Waals surface area contributed by atoms with Crippen molar-refractivity contribution in [3.8, 4) is 22.8 Å². The zero-order chi connectivity index (χ0) is 26.5. The SMILES string of the molecule is COc1ccc(-n2c3c(c4c(N)ncnc42)-c2noc(C4CC4)c2C(=O)CC3)cn1.O=C(O)C(F)(F)F. The second kappa shape index (κ2) is 8.87. The van der Waals surface area contributed by atoms with Gasteiger partial charge in [-0.2, -0.15) is 13.2 Å². The average Bonchev–Trinajstić information content (AvgIpc) is 3.55. The Morgan fingerprint density at radius 2 is 1.92 bits per heavy atom. The van der Waals surface area contributed by atoms with E-state index in [1.807, 2.05) is 10.6 Å². The fourth-order valence-corrected chi connectivity index (χ4v) is 4.30. The van der Waals surface area contributed by atoms with Gasteiger partial charge >= 0.3 is 12.1 Å². The Morgan fingerprint density at radius 3 is 2.51 bits per heavy atom. The fraction of sp³-hybridized carbons (Fsp3) is 0.304. The van der Waals surface area contributed by atoms with Crippen molar-refractivity contribution in [1.82, 2.24) is 24.7 Å². The zero-order valence-corrected chi connectivity index (χ0v) is 19.2. The van der Waals surface area contributed by atoms with Crippen LogP contribution in [0, 0.1) is 0 Å². The van der Waals surface area contributed by atoms with Gasteiger partial charge in [-0.25, -0.2) is 19.7 Å². The van der Waals surface area contributed by atoms with E-state index in [0.717, 1.165) is 29.8 Å². The minimum absolute atomic E-state index is 0.0485. The predicted molar refractivity (Wildman–Crippen MR) is 121 cm³/mol. The lowest BCUT2D eigenvalue weighted by Gasteiger charge is -2.10. The van der Waals surface area contributed by atoms with Crippen molar-refractivity contribution in [2.75, 3.05) is 12.8 Å². The number of pyridine rings is 1. The molecule has 14 heteroatoms. The number of halogens is 3. The summed E-state index contributed by atoms with van der Waals surface area (Å²) in [4.78, 5) is 35.0. The molecular formula is C23H19F3N6O5. The third-order valence-electron chi connectivity index (χ3n) is 6.08. The van der Waals surface area contributed by atoms with Crippen LogP contribution in [0.5, 0.6) is 5.88 Å². The highest BCUT2D eigenvalue weighted by Gasteiger charge is 2.39. The normalized spacial score (nSPS) is 14.9. The van der Waals surface area contributed by atoms with E-state index in [1.165, 1.54) is 6.33 Å². The Hall–Kier alpha value is -4.49. The van der Waals surface area contributed by atoms with E-state index in [-0.39, 0.29) is 11.7 Å². The summed E-state index contributed by atoms with van der Waals surface area (Å²) in [5.74, 6) is -0.879. The van der Waals surface area contributed by atoms with Gasteiger partial charge in [0.1, 0.15) is 17.8 Å². The number of hydrogen-bond acceptors (Lipinski definition) is 9. The summed E-state index contributed by atoms with van der Waals surface area (Å²) < 4.78 is 44.6. The first-order valence-electron chi connectivity index (χ1n) is 11.1. The first kappa shape index (κ1) is 24.2. The zero-order valence-electron chi connectivity index (χ0n) is 19.2. The van der Waals surface area contributed by atoms with Crippen LogP contribution in [0.25, 0.3) is 28.0 Å².